The molecule has 0 unspecified atom stereocenters. The smallest absolute Gasteiger partial charge is 0.0700 e. The van der Waals surface area contributed by atoms with Crippen LogP contribution in [0.15, 0.2) is 0 Å². The van der Waals surface area contributed by atoms with Crippen LogP contribution in [0, 0.1) is 5.41 Å². The molecule has 0 aromatic carbocycles. The number of hydrogen-bond acceptors (Lipinski definition) is 3. The highest BCUT2D eigenvalue weighted by atomic mass is 35.5. The van der Waals surface area contributed by atoms with Crippen LogP contribution in [0.1, 0.15) is 12.8 Å². The Morgan fingerprint density at radius 1 is 1.29 bits per heavy atom. The van der Waals surface area contributed by atoms with Crippen molar-refractivity contribution in [1.29, 1.82) is 0 Å². The highest BCUT2D eigenvalue weighted by Gasteiger charge is 2.40. The fraction of sp³-hybridized carbons (Fsp3) is 1.00. The van der Waals surface area contributed by atoms with E-state index in [0.717, 1.165) is 25.6 Å². The van der Waals surface area contributed by atoms with Crippen LogP contribution in [0.3, 0.4) is 0 Å². The maximum atomic E-state index is 5.85. The molecule has 1 aliphatic rings. The summed E-state index contributed by atoms with van der Waals surface area (Å²) in [5.41, 5.74) is 0.411. The van der Waals surface area contributed by atoms with Gasteiger partial charge in [-0.3, -0.25) is 0 Å². The van der Waals surface area contributed by atoms with E-state index >= 15 is 0 Å². The number of alkyl halides is 1. The summed E-state index contributed by atoms with van der Waals surface area (Å²) in [5, 5.41) is 3.37. The van der Waals surface area contributed by atoms with Gasteiger partial charge in [-0.15, -0.1) is 11.6 Å². The van der Waals surface area contributed by atoms with Gasteiger partial charge in [-0.05, 0) is 18.3 Å². The molecule has 0 heterocycles. The second kappa shape index (κ2) is 6.62. The van der Waals surface area contributed by atoms with Crippen LogP contribution >= 0.6 is 11.6 Å². The highest BCUT2D eigenvalue weighted by molar-refractivity contribution is 6.18. The van der Waals surface area contributed by atoms with Crippen LogP contribution in [0.5, 0.6) is 0 Å². The molecule has 1 aliphatic carbocycles. The zero-order valence-corrected chi connectivity index (χ0v) is 9.61. The van der Waals surface area contributed by atoms with Gasteiger partial charge < -0.3 is 14.8 Å². The lowest BCUT2D eigenvalue weighted by Crippen LogP contribution is -2.28. The number of halogens is 1. The molecule has 0 bridgehead atoms. The molecule has 1 rings (SSSR count). The van der Waals surface area contributed by atoms with E-state index < -0.39 is 0 Å². The first kappa shape index (κ1) is 12.2. The molecule has 4 heteroatoms. The third-order valence-corrected chi connectivity index (χ3v) is 3.16. The predicted molar refractivity (Wildman–Crippen MR) is 58.0 cm³/mol. The molecule has 0 amide bonds. The summed E-state index contributed by atoms with van der Waals surface area (Å²) in [6.45, 7) is 4.04. The van der Waals surface area contributed by atoms with Crippen molar-refractivity contribution >= 4 is 11.6 Å². The lowest BCUT2D eigenvalue weighted by atomic mass is 10.1. The lowest BCUT2D eigenvalue weighted by molar-refractivity contribution is 0.0717. The summed E-state index contributed by atoms with van der Waals surface area (Å²) in [5.74, 6) is 0.782. The monoisotopic (exact) mass is 221 g/mol. The van der Waals surface area contributed by atoms with Gasteiger partial charge in [0.15, 0.2) is 0 Å². The van der Waals surface area contributed by atoms with E-state index in [1.807, 2.05) is 0 Å². The summed E-state index contributed by atoms with van der Waals surface area (Å²) in [6.07, 6.45) is 2.54. The Kier molecular flexibility index (Phi) is 5.78. The first-order chi connectivity index (χ1) is 6.83. The number of methoxy groups -OCH3 is 1. The number of ether oxygens (including phenoxy) is 2. The van der Waals surface area contributed by atoms with E-state index in [0.29, 0.717) is 18.6 Å². The molecule has 0 spiro atoms. The Morgan fingerprint density at radius 3 is 2.64 bits per heavy atom. The predicted octanol–water partition coefficient (Wildman–Crippen LogP) is 1.26. The number of hydrogen-bond donors (Lipinski definition) is 1. The fourth-order valence-electron chi connectivity index (χ4n) is 1.28. The van der Waals surface area contributed by atoms with Crippen molar-refractivity contribution in [3.8, 4) is 0 Å². The van der Waals surface area contributed by atoms with E-state index in [1.165, 1.54) is 12.8 Å². The van der Waals surface area contributed by atoms with Crippen molar-refractivity contribution < 1.29 is 9.47 Å². The molecule has 0 aromatic heterocycles. The lowest BCUT2D eigenvalue weighted by Gasteiger charge is -2.12. The number of rotatable bonds is 9. The van der Waals surface area contributed by atoms with Crippen LogP contribution in [-0.4, -0.2) is 45.9 Å². The highest BCUT2D eigenvalue weighted by Crippen LogP contribution is 2.45. The molecule has 1 N–H and O–H groups in total. The van der Waals surface area contributed by atoms with E-state index in [9.17, 15) is 0 Å². The van der Waals surface area contributed by atoms with Crippen molar-refractivity contribution in [2.45, 2.75) is 12.8 Å². The summed E-state index contributed by atoms with van der Waals surface area (Å²) in [7, 11) is 1.68. The van der Waals surface area contributed by atoms with E-state index in [1.54, 1.807) is 7.11 Å². The SMILES string of the molecule is COCCOCCNCC1(CCl)CC1. The first-order valence-corrected chi connectivity index (χ1v) is 5.70. The van der Waals surface area contributed by atoms with Gasteiger partial charge in [0, 0.05) is 26.1 Å². The van der Waals surface area contributed by atoms with Gasteiger partial charge in [0.2, 0.25) is 0 Å². The minimum Gasteiger partial charge on any atom is -0.382 e. The maximum Gasteiger partial charge on any atom is 0.0700 e. The quantitative estimate of drug-likeness (QED) is 0.470. The molecule has 3 nitrogen and oxygen atoms in total. The standard InChI is InChI=1S/C10H20ClNO2/c1-13-6-7-14-5-4-12-9-10(8-11)2-3-10/h12H,2-9H2,1H3. The Labute approximate surface area is 91.1 Å². The molecule has 0 aliphatic heterocycles. The molecular weight excluding hydrogens is 202 g/mol. The Balaban J connectivity index is 1.80. The summed E-state index contributed by atoms with van der Waals surface area (Å²) in [6, 6.07) is 0. The van der Waals surface area contributed by atoms with E-state index in [2.05, 4.69) is 5.32 Å². The third-order valence-electron chi connectivity index (χ3n) is 2.60. The van der Waals surface area contributed by atoms with Crippen molar-refractivity contribution in [3.63, 3.8) is 0 Å². The van der Waals surface area contributed by atoms with Crippen LogP contribution in [-0.2, 0) is 9.47 Å². The van der Waals surface area contributed by atoms with Crippen molar-refractivity contribution in [2.75, 3.05) is 45.9 Å². The van der Waals surface area contributed by atoms with Gasteiger partial charge in [0.05, 0.1) is 19.8 Å². The van der Waals surface area contributed by atoms with Crippen molar-refractivity contribution in [3.05, 3.63) is 0 Å². The van der Waals surface area contributed by atoms with Gasteiger partial charge in [-0.2, -0.15) is 0 Å². The maximum absolute atomic E-state index is 5.85. The Morgan fingerprint density at radius 2 is 2.07 bits per heavy atom. The third kappa shape index (κ3) is 4.60. The Hall–Kier alpha value is 0.170. The minimum atomic E-state index is 0.411. The van der Waals surface area contributed by atoms with Gasteiger partial charge in [0.1, 0.15) is 0 Å². The van der Waals surface area contributed by atoms with Gasteiger partial charge >= 0.3 is 0 Å². The molecule has 84 valence electrons. The molecule has 0 atom stereocenters. The summed E-state index contributed by atoms with van der Waals surface area (Å²) >= 11 is 5.85. The van der Waals surface area contributed by atoms with Crippen molar-refractivity contribution in [2.24, 2.45) is 5.41 Å². The molecule has 0 aromatic rings. The van der Waals surface area contributed by atoms with Gasteiger partial charge in [-0.1, -0.05) is 0 Å². The first-order valence-electron chi connectivity index (χ1n) is 5.16. The fourth-order valence-corrected chi connectivity index (χ4v) is 1.64. The normalized spacial score (nSPS) is 18.4. The van der Waals surface area contributed by atoms with Crippen molar-refractivity contribution in [1.82, 2.24) is 5.32 Å². The second-order valence-electron chi connectivity index (χ2n) is 3.92. The average molecular weight is 222 g/mol. The zero-order valence-electron chi connectivity index (χ0n) is 8.85. The molecule has 14 heavy (non-hydrogen) atoms. The second-order valence-corrected chi connectivity index (χ2v) is 4.18. The average Bonchev–Trinajstić information content (AvgIpc) is 2.98. The summed E-state index contributed by atoms with van der Waals surface area (Å²) in [4.78, 5) is 0. The van der Waals surface area contributed by atoms with Gasteiger partial charge in [-0.25, -0.2) is 0 Å². The Bertz CT molecular complexity index is 151. The van der Waals surface area contributed by atoms with E-state index in [4.69, 9.17) is 21.1 Å². The molecule has 1 fully saturated rings. The molecule has 1 saturated carbocycles. The largest absolute Gasteiger partial charge is 0.382 e. The van der Waals surface area contributed by atoms with Crippen LogP contribution in [0.2, 0.25) is 0 Å². The molecule has 0 saturated heterocycles. The zero-order chi connectivity index (χ0) is 10.3. The molecular formula is C10H20ClNO2. The van der Waals surface area contributed by atoms with Crippen LogP contribution in [0.4, 0.5) is 0 Å². The van der Waals surface area contributed by atoms with E-state index in [-0.39, 0.29) is 0 Å². The number of nitrogens with one attached hydrogen (secondary N) is 1. The van der Waals surface area contributed by atoms with Gasteiger partial charge in [0.25, 0.3) is 0 Å². The molecule has 0 radical (unpaired) electrons. The minimum absolute atomic E-state index is 0.411. The topological polar surface area (TPSA) is 30.5 Å². The van der Waals surface area contributed by atoms with Crippen LogP contribution < -0.4 is 5.32 Å². The summed E-state index contributed by atoms with van der Waals surface area (Å²) < 4.78 is 10.2. The van der Waals surface area contributed by atoms with Crippen LogP contribution in [0.25, 0.3) is 0 Å².